The Morgan fingerprint density at radius 3 is 2.78 bits per heavy atom. The third-order valence-corrected chi connectivity index (χ3v) is 2.77. The van der Waals surface area contributed by atoms with E-state index in [1.165, 1.54) is 18.2 Å². The molecule has 2 aromatic rings. The van der Waals surface area contributed by atoms with Gasteiger partial charge < -0.3 is 10.1 Å². The largest absolute Gasteiger partial charge is 0.480 e. The van der Waals surface area contributed by atoms with E-state index in [4.69, 9.17) is 4.74 Å². The first-order valence-corrected chi connectivity index (χ1v) is 5.54. The second kappa shape index (κ2) is 4.25. The Hall–Kier alpha value is -2.17. The molecule has 92 valence electrons. The van der Waals surface area contributed by atoms with Crippen molar-refractivity contribution < 1.29 is 13.5 Å². The summed E-state index contributed by atoms with van der Waals surface area (Å²) in [6, 6.07) is 7.19. The van der Waals surface area contributed by atoms with Gasteiger partial charge in [-0.15, -0.1) is 0 Å². The van der Waals surface area contributed by atoms with Crippen LogP contribution in [0, 0.1) is 11.6 Å². The molecule has 3 nitrogen and oxygen atoms in total. The minimum Gasteiger partial charge on any atom is -0.480 e. The zero-order valence-corrected chi connectivity index (χ0v) is 9.36. The number of halogens is 2. The van der Waals surface area contributed by atoms with Gasteiger partial charge in [-0.05, 0) is 24.3 Å². The summed E-state index contributed by atoms with van der Waals surface area (Å²) >= 11 is 0. The van der Waals surface area contributed by atoms with Crippen LogP contribution in [0.3, 0.4) is 0 Å². The summed E-state index contributed by atoms with van der Waals surface area (Å²) in [4.78, 5) is 3.98. The van der Waals surface area contributed by atoms with Crippen molar-refractivity contribution in [3.05, 3.63) is 53.9 Å². The molecule has 18 heavy (non-hydrogen) atoms. The topological polar surface area (TPSA) is 34.1 Å². The molecule has 1 aromatic heterocycles. The quantitative estimate of drug-likeness (QED) is 0.842. The molecule has 1 atom stereocenters. The number of benzene rings is 1. The van der Waals surface area contributed by atoms with E-state index in [9.17, 15) is 8.78 Å². The highest BCUT2D eigenvalue weighted by Gasteiger charge is 2.22. The summed E-state index contributed by atoms with van der Waals surface area (Å²) in [6.45, 7) is 0.467. The van der Waals surface area contributed by atoms with E-state index >= 15 is 0 Å². The first kappa shape index (κ1) is 11.0. The average molecular weight is 248 g/mol. The third-order valence-electron chi connectivity index (χ3n) is 2.77. The van der Waals surface area contributed by atoms with E-state index in [0.29, 0.717) is 23.7 Å². The monoisotopic (exact) mass is 248 g/mol. The molecular weight excluding hydrogens is 238 g/mol. The van der Waals surface area contributed by atoms with Gasteiger partial charge in [-0.25, -0.2) is 8.78 Å². The predicted octanol–water partition coefficient (Wildman–Crippen LogP) is 2.91. The highest BCUT2D eigenvalue weighted by atomic mass is 19.1. The van der Waals surface area contributed by atoms with Gasteiger partial charge in [-0.3, -0.25) is 4.98 Å². The maximum Gasteiger partial charge on any atom is 0.158 e. The van der Waals surface area contributed by atoms with Crippen molar-refractivity contribution >= 4 is 5.69 Å². The lowest BCUT2D eigenvalue weighted by atomic mass is 10.1. The summed E-state index contributed by atoms with van der Waals surface area (Å²) in [5.74, 6) is -0.132. The number of aromatic nitrogens is 1. The van der Waals surface area contributed by atoms with Crippen molar-refractivity contribution in [1.29, 1.82) is 0 Å². The second-order valence-corrected chi connectivity index (χ2v) is 4.03. The maximum absolute atomic E-state index is 13.0. The van der Waals surface area contributed by atoms with Crippen LogP contribution >= 0.6 is 0 Å². The number of hydrogen-bond donors (Lipinski definition) is 1. The van der Waals surface area contributed by atoms with Gasteiger partial charge in [0.25, 0.3) is 0 Å². The molecule has 3 rings (SSSR count). The molecule has 1 aliphatic heterocycles. The molecule has 0 saturated carbocycles. The second-order valence-electron chi connectivity index (χ2n) is 4.03. The van der Waals surface area contributed by atoms with Crippen molar-refractivity contribution in [3.63, 3.8) is 0 Å². The van der Waals surface area contributed by atoms with Gasteiger partial charge in [0, 0.05) is 6.07 Å². The van der Waals surface area contributed by atoms with Gasteiger partial charge in [0.2, 0.25) is 0 Å². The Kier molecular flexibility index (Phi) is 2.59. The summed E-state index contributed by atoms with van der Waals surface area (Å²) in [6.07, 6.45) is 0.849. The van der Waals surface area contributed by atoms with E-state index < -0.39 is 0 Å². The first-order valence-electron chi connectivity index (χ1n) is 5.54. The highest BCUT2D eigenvalue weighted by Crippen LogP contribution is 2.33. The van der Waals surface area contributed by atoms with E-state index in [-0.39, 0.29) is 17.7 Å². The fourth-order valence-electron chi connectivity index (χ4n) is 1.88. The van der Waals surface area contributed by atoms with E-state index in [2.05, 4.69) is 10.3 Å². The molecule has 0 saturated heterocycles. The Morgan fingerprint density at radius 2 is 2.00 bits per heavy atom. The Bertz CT molecular complexity index is 572. The van der Waals surface area contributed by atoms with Crippen LogP contribution in [0.15, 0.2) is 36.5 Å². The van der Waals surface area contributed by atoms with E-state index in [1.54, 1.807) is 12.1 Å². The molecule has 5 heteroatoms. The van der Waals surface area contributed by atoms with Crippen LogP contribution in [0.5, 0.6) is 5.75 Å². The lowest BCUT2D eigenvalue weighted by Crippen LogP contribution is -2.24. The molecule has 0 fully saturated rings. The Labute approximate surface area is 102 Å². The lowest BCUT2D eigenvalue weighted by molar-refractivity contribution is 0.205. The fourth-order valence-corrected chi connectivity index (χ4v) is 1.88. The molecule has 1 aromatic carbocycles. The number of hydrogen-bond acceptors (Lipinski definition) is 3. The van der Waals surface area contributed by atoms with Crippen LogP contribution in [-0.4, -0.2) is 11.5 Å². The normalized spacial score (nSPS) is 17.6. The smallest absolute Gasteiger partial charge is 0.158 e. The predicted molar refractivity (Wildman–Crippen MR) is 62.5 cm³/mol. The van der Waals surface area contributed by atoms with Crippen LogP contribution in [0.4, 0.5) is 14.5 Å². The number of pyridine rings is 1. The number of anilines is 1. The lowest BCUT2D eigenvalue weighted by Gasteiger charge is -2.26. The van der Waals surface area contributed by atoms with E-state index in [1.807, 2.05) is 0 Å². The summed E-state index contributed by atoms with van der Waals surface area (Å²) in [5, 5.41) is 3.07. The van der Waals surface area contributed by atoms with Crippen LogP contribution in [-0.2, 0) is 0 Å². The molecule has 1 aliphatic rings. The zero-order valence-electron chi connectivity index (χ0n) is 9.36. The number of fused-ring (bicyclic) bond motifs is 1. The summed E-state index contributed by atoms with van der Waals surface area (Å²) < 4.78 is 31.5. The SMILES string of the molecule is Fc1ccc(C2CNc3cc(F)ccc3O2)nc1. The number of nitrogens with one attached hydrogen (secondary N) is 1. The standard InChI is InChI=1S/C13H10F2N2O/c14-8-2-4-12-11(5-8)17-7-13(18-12)10-3-1-9(15)6-16-10/h1-6,13,17H,7H2. The summed E-state index contributed by atoms with van der Waals surface area (Å²) in [5.41, 5.74) is 1.26. The van der Waals surface area contributed by atoms with Gasteiger partial charge in [-0.2, -0.15) is 0 Å². The van der Waals surface area contributed by atoms with Crippen LogP contribution in [0.2, 0.25) is 0 Å². The first-order chi connectivity index (χ1) is 8.72. The third kappa shape index (κ3) is 1.99. The minimum atomic E-state index is -0.384. The zero-order chi connectivity index (χ0) is 12.5. The van der Waals surface area contributed by atoms with Crippen LogP contribution in [0.1, 0.15) is 11.8 Å². The molecule has 0 aliphatic carbocycles. The molecule has 0 spiro atoms. The number of ether oxygens (including phenoxy) is 1. The fraction of sp³-hybridized carbons (Fsp3) is 0.154. The minimum absolute atomic E-state index is 0.302. The molecule has 2 heterocycles. The van der Waals surface area contributed by atoms with Crippen molar-refractivity contribution in [3.8, 4) is 5.75 Å². The molecular formula is C13H10F2N2O. The molecule has 1 N–H and O–H groups in total. The maximum atomic E-state index is 13.0. The number of nitrogens with zero attached hydrogens (tertiary/aromatic N) is 1. The molecule has 0 amide bonds. The summed E-state index contributed by atoms with van der Waals surface area (Å²) in [7, 11) is 0. The molecule has 1 unspecified atom stereocenters. The molecule has 0 radical (unpaired) electrons. The van der Waals surface area contributed by atoms with Gasteiger partial charge >= 0.3 is 0 Å². The Morgan fingerprint density at radius 1 is 1.17 bits per heavy atom. The van der Waals surface area contributed by atoms with E-state index in [0.717, 1.165) is 6.20 Å². The van der Waals surface area contributed by atoms with Crippen molar-refractivity contribution in [2.24, 2.45) is 0 Å². The average Bonchev–Trinajstić information content (AvgIpc) is 2.39. The van der Waals surface area contributed by atoms with Gasteiger partial charge in [-0.1, -0.05) is 0 Å². The van der Waals surface area contributed by atoms with Crippen molar-refractivity contribution in [1.82, 2.24) is 4.98 Å². The highest BCUT2D eigenvalue weighted by molar-refractivity contribution is 5.58. The number of rotatable bonds is 1. The Balaban J connectivity index is 1.86. The molecule has 0 bridgehead atoms. The van der Waals surface area contributed by atoms with Gasteiger partial charge in [0.1, 0.15) is 17.4 Å². The van der Waals surface area contributed by atoms with Gasteiger partial charge in [0.15, 0.2) is 6.10 Å². The van der Waals surface area contributed by atoms with Crippen LogP contribution in [0.25, 0.3) is 0 Å². The van der Waals surface area contributed by atoms with Crippen molar-refractivity contribution in [2.45, 2.75) is 6.10 Å². The van der Waals surface area contributed by atoms with Crippen LogP contribution < -0.4 is 10.1 Å². The van der Waals surface area contributed by atoms with Crippen molar-refractivity contribution in [2.75, 3.05) is 11.9 Å². The van der Waals surface area contributed by atoms with Gasteiger partial charge in [0.05, 0.1) is 24.1 Å².